The second-order valence-corrected chi connectivity index (χ2v) is 8.90. The first-order valence-corrected chi connectivity index (χ1v) is 11.2. The lowest BCUT2D eigenvalue weighted by Gasteiger charge is -2.24. The molecule has 1 unspecified atom stereocenters. The molecule has 1 aliphatic rings. The minimum absolute atomic E-state index is 0.211. The largest absolute Gasteiger partial charge is 0.493 e. The maximum atomic E-state index is 12.7. The third kappa shape index (κ3) is 4.77. The van der Waals surface area contributed by atoms with Gasteiger partial charge in [0.15, 0.2) is 5.69 Å². The van der Waals surface area contributed by atoms with E-state index in [4.69, 9.17) is 4.74 Å². The van der Waals surface area contributed by atoms with Crippen LogP contribution in [0, 0.1) is 13.8 Å². The lowest BCUT2D eigenvalue weighted by atomic mass is 9.96. The number of thiazole rings is 1. The van der Waals surface area contributed by atoms with Gasteiger partial charge in [0, 0.05) is 30.8 Å². The fourth-order valence-electron chi connectivity index (χ4n) is 3.75. The van der Waals surface area contributed by atoms with Crippen molar-refractivity contribution < 1.29 is 19.3 Å². The monoisotopic (exact) mass is 442 g/mol. The molecule has 9 heteroatoms. The van der Waals surface area contributed by atoms with Crippen molar-refractivity contribution in [3.63, 3.8) is 0 Å². The molecule has 3 aromatic rings. The van der Waals surface area contributed by atoms with Crippen LogP contribution in [0.25, 0.3) is 0 Å². The Balaban J connectivity index is 1.40. The summed E-state index contributed by atoms with van der Waals surface area (Å²) in [5.74, 6) is 0.631. The van der Waals surface area contributed by atoms with E-state index in [1.54, 1.807) is 11.8 Å². The summed E-state index contributed by atoms with van der Waals surface area (Å²) in [7, 11) is 0. The van der Waals surface area contributed by atoms with Crippen molar-refractivity contribution in [2.45, 2.75) is 45.1 Å². The third-order valence-electron chi connectivity index (χ3n) is 5.59. The number of nitrogens with zero attached hydrogens (tertiary/aromatic N) is 4. The van der Waals surface area contributed by atoms with E-state index in [-0.39, 0.29) is 11.6 Å². The number of aliphatic hydroxyl groups is 1. The molecule has 0 saturated carbocycles. The highest BCUT2D eigenvalue weighted by molar-refractivity contribution is 7.11. The van der Waals surface area contributed by atoms with Crippen molar-refractivity contribution in [1.29, 1.82) is 0 Å². The first-order valence-electron chi connectivity index (χ1n) is 10.4. The number of likely N-dealkylation sites (tertiary alicyclic amines) is 1. The second kappa shape index (κ2) is 9.15. The number of benzene rings is 1. The number of hydrogen-bond donors (Lipinski definition) is 1. The topological polar surface area (TPSA) is 102 Å². The summed E-state index contributed by atoms with van der Waals surface area (Å²) in [4.78, 5) is 20.2. The number of amides is 1. The van der Waals surface area contributed by atoms with E-state index in [9.17, 15) is 9.90 Å². The summed E-state index contributed by atoms with van der Waals surface area (Å²) in [5, 5.41) is 19.5. The molecule has 0 spiro atoms. The van der Waals surface area contributed by atoms with E-state index in [0.717, 1.165) is 22.7 Å². The smallest absolute Gasteiger partial charge is 0.278 e. The van der Waals surface area contributed by atoms with Crippen LogP contribution in [0.1, 0.15) is 51.0 Å². The number of aryl methyl sites for hydroxylation is 2. The molecule has 0 bridgehead atoms. The standard InChI is InChI=1S/C22H26N4O4S/c1-15-18(9-14-29-17-7-4-3-5-8-17)31-21(23-15)22(28)10-6-12-26(13-11-22)20(27)19-16(2)24-30-25-19/h3-5,7-8,28H,6,9-14H2,1-2H3. The number of rotatable bonds is 6. The van der Waals surface area contributed by atoms with Crippen LogP contribution in [0.2, 0.25) is 0 Å². The highest BCUT2D eigenvalue weighted by Crippen LogP contribution is 2.37. The lowest BCUT2D eigenvalue weighted by Crippen LogP contribution is -2.34. The van der Waals surface area contributed by atoms with Crippen molar-refractivity contribution in [2.24, 2.45) is 0 Å². The van der Waals surface area contributed by atoms with Gasteiger partial charge in [0.05, 0.1) is 12.3 Å². The number of hydrogen-bond acceptors (Lipinski definition) is 8. The van der Waals surface area contributed by atoms with Crippen molar-refractivity contribution in [1.82, 2.24) is 20.2 Å². The zero-order chi connectivity index (χ0) is 21.8. The molecule has 8 nitrogen and oxygen atoms in total. The molecule has 4 rings (SSSR count). The van der Waals surface area contributed by atoms with Gasteiger partial charge in [-0.05, 0) is 44.0 Å². The van der Waals surface area contributed by atoms with Crippen molar-refractivity contribution >= 4 is 17.2 Å². The minimum atomic E-state index is -1.04. The van der Waals surface area contributed by atoms with E-state index in [0.29, 0.717) is 49.7 Å². The van der Waals surface area contributed by atoms with Crippen LogP contribution in [-0.2, 0) is 12.0 Å². The summed E-state index contributed by atoms with van der Waals surface area (Å²) < 4.78 is 10.5. The Hall–Kier alpha value is -2.78. The highest BCUT2D eigenvalue weighted by Gasteiger charge is 2.37. The summed E-state index contributed by atoms with van der Waals surface area (Å²) in [6.07, 6.45) is 2.39. The zero-order valence-electron chi connectivity index (χ0n) is 17.7. The maximum Gasteiger partial charge on any atom is 0.278 e. The van der Waals surface area contributed by atoms with Crippen LogP contribution in [0.3, 0.4) is 0 Å². The summed E-state index contributed by atoms with van der Waals surface area (Å²) in [6, 6.07) is 9.72. The number of ether oxygens (including phenoxy) is 1. The molecule has 1 fully saturated rings. The van der Waals surface area contributed by atoms with Gasteiger partial charge >= 0.3 is 0 Å². The summed E-state index contributed by atoms with van der Waals surface area (Å²) in [6.45, 7) is 5.19. The van der Waals surface area contributed by atoms with E-state index < -0.39 is 5.60 Å². The molecule has 1 atom stereocenters. The average molecular weight is 443 g/mol. The third-order valence-corrected chi connectivity index (χ3v) is 7.00. The Morgan fingerprint density at radius 3 is 2.74 bits per heavy atom. The molecule has 1 saturated heterocycles. The van der Waals surface area contributed by atoms with E-state index in [1.165, 1.54) is 11.3 Å². The van der Waals surface area contributed by atoms with Crippen molar-refractivity contribution in [2.75, 3.05) is 19.7 Å². The van der Waals surface area contributed by atoms with Crippen LogP contribution in [0.15, 0.2) is 35.0 Å². The van der Waals surface area contributed by atoms with Gasteiger partial charge in [0.25, 0.3) is 5.91 Å². The molecule has 1 N–H and O–H groups in total. The van der Waals surface area contributed by atoms with Crippen LogP contribution >= 0.6 is 11.3 Å². The average Bonchev–Trinajstić information content (AvgIpc) is 3.30. The minimum Gasteiger partial charge on any atom is -0.493 e. The van der Waals surface area contributed by atoms with Gasteiger partial charge in [0.2, 0.25) is 0 Å². The fraction of sp³-hybridized carbons (Fsp3) is 0.455. The predicted octanol–water partition coefficient (Wildman–Crippen LogP) is 3.28. The summed E-state index contributed by atoms with van der Waals surface area (Å²) in [5.41, 5.74) is 0.588. The molecule has 1 amide bonds. The fourth-order valence-corrected chi connectivity index (χ4v) is 4.94. The van der Waals surface area contributed by atoms with Crippen LogP contribution in [-0.4, -0.2) is 50.9 Å². The number of carbonyl (C=O) groups is 1. The first-order chi connectivity index (χ1) is 15.0. The van der Waals surface area contributed by atoms with Gasteiger partial charge < -0.3 is 14.7 Å². The van der Waals surface area contributed by atoms with Crippen LogP contribution in [0.5, 0.6) is 5.75 Å². The lowest BCUT2D eigenvalue weighted by molar-refractivity contribution is 0.0209. The van der Waals surface area contributed by atoms with E-state index >= 15 is 0 Å². The molecule has 3 heterocycles. The first kappa shape index (κ1) is 21.5. The normalized spacial score (nSPS) is 19.3. The molecular weight excluding hydrogens is 416 g/mol. The molecule has 164 valence electrons. The summed E-state index contributed by atoms with van der Waals surface area (Å²) >= 11 is 1.54. The number of carbonyl (C=O) groups excluding carboxylic acids is 1. The molecule has 0 aliphatic carbocycles. The van der Waals surface area contributed by atoms with Gasteiger partial charge in [-0.15, -0.1) is 11.3 Å². The maximum absolute atomic E-state index is 12.7. The second-order valence-electron chi connectivity index (χ2n) is 7.81. The Morgan fingerprint density at radius 1 is 1.19 bits per heavy atom. The molecule has 2 aromatic heterocycles. The molecule has 0 radical (unpaired) electrons. The Kier molecular flexibility index (Phi) is 6.33. The van der Waals surface area contributed by atoms with E-state index in [2.05, 4.69) is 19.9 Å². The Bertz CT molecular complexity index is 1040. The zero-order valence-corrected chi connectivity index (χ0v) is 18.5. The Morgan fingerprint density at radius 2 is 2.00 bits per heavy atom. The van der Waals surface area contributed by atoms with Crippen molar-refractivity contribution in [3.8, 4) is 5.75 Å². The SMILES string of the molecule is Cc1nonc1C(=O)N1CCCC(O)(c2nc(C)c(CCOc3ccccc3)s2)CC1. The van der Waals surface area contributed by atoms with Gasteiger partial charge in [-0.1, -0.05) is 23.4 Å². The quantitative estimate of drug-likeness (QED) is 0.625. The number of aromatic nitrogens is 3. The molecule has 1 aliphatic heterocycles. The Labute approximate surface area is 184 Å². The highest BCUT2D eigenvalue weighted by atomic mass is 32.1. The van der Waals surface area contributed by atoms with Crippen molar-refractivity contribution in [3.05, 3.63) is 57.3 Å². The molecule has 31 heavy (non-hydrogen) atoms. The van der Waals surface area contributed by atoms with Gasteiger partial charge in [-0.25, -0.2) is 9.61 Å². The van der Waals surface area contributed by atoms with Crippen LogP contribution < -0.4 is 4.74 Å². The van der Waals surface area contributed by atoms with E-state index in [1.807, 2.05) is 37.3 Å². The molecule has 1 aromatic carbocycles. The molecular formula is C22H26N4O4S. The number of para-hydroxylation sites is 1. The van der Waals surface area contributed by atoms with Crippen LogP contribution in [0.4, 0.5) is 0 Å². The van der Waals surface area contributed by atoms with Gasteiger partial charge in [0.1, 0.15) is 22.1 Å². The van der Waals surface area contributed by atoms with Gasteiger partial charge in [-0.3, -0.25) is 4.79 Å². The van der Waals surface area contributed by atoms with Gasteiger partial charge in [-0.2, -0.15) is 0 Å². The predicted molar refractivity (Wildman–Crippen MR) is 115 cm³/mol.